The van der Waals surface area contributed by atoms with Crippen molar-refractivity contribution in [2.75, 3.05) is 0 Å². The number of aryl methyl sites for hydroxylation is 2. The first-order valence-corrected chi connectivity index (χ1v) is 7.61. The summed E-state index contributed by atoms with van der Waals surface area (Å²) in [6, 6.07) is 0.540. The molecule has 0 fully saturated rings. The molecule has 4 nitrogen and oxygen atoms in total. The van der Waals surface area contributed by atoms with Crippen molar-refractivity contribution in [1.29, 1.82) is 0 Å². The van der Waals surface area contributed by atoms with Gasteiger partial charge in [-0.1, -0.05) is 0 Å². The minimum Gasteiger partial charge on any atom is -0.301 e. The summed E-state index contributed by atoms with van der Waals surface area (Å²) in [4.78, 5) is 4.36. The topological polar surface area (TPSA) is 42.7 Å². The molecule has 19 heavy (non-hydrogen) atoms. The second-order valence-electron chi connectivity index (χ2n) is 4.88. The van der Waals surface area contributed by atoms with Crippen LogP contribution in [-0.4, -0.2) is 14.8 Å². The molecule has 0 bridgehead atoms. The molecule has 0 amide bonds. The lowest BCUT2D eigenvalue weighted by Crippen LogP contribution is -2.23. The van der Waals surface area contributed by atoms with Crippen LogP contribution in [0.5, 0.6) is 0 Å². The van der Waals surface area contributed by atoms with Gasteiger partial charge in [-0.25, -0.2) is 4.98 Å². The molecule has 0 radical (unpaired) electrons. The van der Waals surface area contributed by atoms with Crippen molar-refractivity contribution >= 4 is 11.3 Å². The van der Waals surface area contributed by atoms with Crippen molar-refractivity contribution in [3.63, 3.8) is 0 Å². The quantitative estimate of drug-likeness (QED) is 0.911. The van der Waals surface area contributed by atoms with E-state index in [-0.39, 0.29) is 12.1 Å². The molecular formula is C14H22N4S. The lowest BCUT2D eigenvalue weighted by Gasteiger charge is -2.19. The van der Waals surface area contributed by atoms with Gasteiger partial charge < -0.3 is 5.32 Å². The highest BCUT2D eigenvalue weighted by molar-refractivity contribution is 7.09. The monoisotopic (exact) mass is 278 g/mol. The molecule has 0 saturated carbocycles. The normalized spacial score (nSPS) is 14.6. The van der Waals surface area contributed by atoms with Crippen LogP contribution < -0.4 is 5.32 Å². The summed E-state index contributed by atoms with van der Waals surface area (Å²) in [5.41, 5.74) is 3.68. The Labute approximate surface area is 118 Å². The van der Waals surface area contributed by atoms with Crippen LogP contribution in [0, 0.1) is 13.8 Å². The summed E-state index contributed by atoms with van der Waals surface area (Å²) in [7, 11) is 0. The lowest BCUT2D eigenvalue weighted by atomic mass is 10.1. The molecule has 0 aromatic carbocycles. The highest BCUT2D eigenvalue weighted by atomic mass is 32.1. The zero-order chi connectivity index (χ0) is 14.0. The standard InChI is InChI=1S/C14H22N4S/c1-6-18-12(5)13(10(3)17-18)9(2)16-11(4)14-15-7-8-19-14/h7-9,11,16H,6H2,1-5H3. The van der Waals surface area contributed by atoms with Crippen LogP contribution in [-0.2, 0) is 6.54 Å². The molecule has 0 spiro atoms. The summed E-state index contributed by atoms with van der Waals surface area (Å²) in [6.07, 6.45) is 1.86. The van der Waals surface area contributed by atoms with E-state index >= 15 is 0 Å². The Hall–Kier alpha value is -1.20. The minimum atomic E-state index is 0.263. The van der Waals surface area contributed by atoms with Crippen LogP contribution in [0.15, 0.2) is 11.6 Å². The van der Waals surface area contributed by atoms with Crippen molar-refractivity contribution in [2.24, 2.45) is 0 Å². The summed E-state index contributed by atoms with van der Waals surface area (Å²) >= 11 is 1.69. The van der Waals surface area contributed by atoms with Gasteiger partial charge in [0.15, 0.2) is 0 Å². The highest BCUT2D eigenvalue weighted by Gasteiger charge is 2.19. The third kappa shape index (κ3) is 2.87. The first-order valence-electron chi connectivity index (χ1n) is 6.73. The number of aromatic nitrogens is 3. The molecule has 0 aliphatic carbocycles. The zero-order valence-electron chi connectivity index (χ0n) is 12.3. The van der Waals surface area contributed by atoms with E-state index in [0.29, 0.717) is 0 Å². The van der Waals surface area contributed by atoms with Gasteiger partial charge in [-0.15, -0.1) is 11.3 Å². The van der Waals surface area contributed by atoms with E-state index in [9.17, 15) is 0 Å². The fourth-order valence-corrected chi connectivity index (χ4v) is 3.28. The molecular weight excluding hydrogens is 256 g/mol. The number of rotatable bonds is 5. The zero-order valence-corrected chi connectivity index (χ0v) is 13.1. The van der Waals surface area contributed by atoms with E-state index in [0.717, 1.165) is 17.2 Å². The van der Waals surface area contributed by atoms with Crippen molar-refractivity contribution < 1.29 is 0 Å². The Morgan fingerprint density at radius 2 is 2.05 bits per heavy atom. The van der Waals surface area contributed by atoms with Crippen LogP contribution in [0.25, 0.3) is 0 Å². The first-order chi connectivity index (χ1) is 9.04. The predicted molar refractivity (Wildman–Crippen MR) is 79.5 cm³/mol. The second kappa shape index (κ2) is 5.84. The number of thiazole rings is 1. The van der Waals surface area contributed by atoms with Gasteiger partial charge in [-0.05, 0) is 34.6 Å². The van der Waals surface area contributed by atoms with Gasteiger partial charge >= 0.3 is 0 Å². The largest absolute Gasteiger partial charge is 0.301 e. The number of hydrogen-bond donors (Lipinski definition) is 1. The molecule has 2 heterocycles. The van der Waals surface area contributed by atoms with Crippen molar-refractivity contribution in [1.82, 2.24) is 20.1 Å². The van der Waals surface area contributed by atoms with E-state index in [1.165, 1.54) is 11.3 Å². The van der Waals surface area contributed by atoms with E-state index < -0.39 is 0 Å². The van der Waals surface area contributed by atoms with Crippen molar-refractivity contribution in [2.45, 2.75) is 53.2 Å². The number of nitrogens with one attached hydrogen (secondary N) is 1. The summed E-state index contributed by atoms with van der Waals surface area (Å²) in [5.74, 6) is 0. The molecule has 5 heteroatoms. The van der Waals surface area contributed by atoms with Gasteiger partial charge in [0.05, 0.1) is 11.7 Å². The Bertz CT molecular complexity index is 530. The summed E-state index contributed by atoms with van der Waals surface area (Å²) in [5, 5.41) is 11.3. The van der Waals surface area contributed by atoms with Gasteiger partial charge in [-0.2, -0.15) is 5.10 Å². The molecule has 1 N–H and O–H groups in total. The van der Waals surface area contributed by atoms with Crippen LogP contribution in [0.2, 0.25) is 0 Å². The number of nitrogens with zero attached hydrogens (tertiary/aromatic N) is 3. The van der Waals surface area contributed by atoms with E-state index in [2.05, 4.69) is 54.7 Å². The summed E-state index contributed by atoms with van der Waals surface area (Å²) < 4.78 is 2.07. The first kappa shape index (κ1) is 14.2. The second-order valence-corrected chi connectivity index (χ2v) is 5.81. The highest BCUT2D eigenvalue weighted by Crippen LogP contribution is 2.25. The fourth-order valence-electron chi connectivity index (χ4n) is 2.62. The molecule has 2 rings (SSSR count). The van der Waals surface area contributed by atoms with Crippen LogP contribution in [0.4, 0.5) is 0 Å². The van der Waals surface area contributed by atoms with Gasteiger partial charge in [-0.3, -0.25) is 4.68 Å². The minimum absolute atomic E-state index is 0.263. The molecule has 2 aromatic rings. The maximum atomic E-state index is 4.58. The lowest BCUT2D eigenvalue weighted by molar-refractivity contribution is 0.489. The average Bonchev–Trinajstić information content (AvgIpc) is 2.97. The maximum absolute atomic E-state index is 4.58. The summed E-state index contributed by atoms with van der Waals surface area (Å²) in [6.45, 7) is 11.6. The predicted octanol–water partition coefficient (Wildman–Crippen LogP) is 3.39. The Morgan fingerprint density at radius 3 is 2.58 bits per heavy atom. The average molecular weight is 278 g/mol. The Balaban J connectivity index is 2.16. The fraction of sp³-hybridized carbons (Fsp3) is 0.571. The molecule has 104 valence electrons. The Kier molecular flexibility index (Phi) is 4.37. The van der Waals surface area contributed by atoms with Crippen LogP contribution in [0.3, 0.4) is 0 Å². The smallest absolute Gasteiger partial charge is 0.109 e. The molecule has 2 unspecified atom stereocenters. The van der Waals surface area contributed by atoms with E-state index in [1.807, 2.05) is 11.6 Å². The molecule has 0 saturated heterocycles. The van der Waals surface area contributed by atoms with Crippen LogP contribution >= 0.6 is 11.3 Å². The van der Waals surface area contributed by atoms with Crippen LogP contribution in [0.1, 0.15) is 54.8 Å². The maximum Gasteiger partial charge on any atom is 0.109 e. The van der Waals surface area contributed by atoms with E-state index in [1.54, 1.807) is 11.3 Å². The van der Waals surface area contributed by atoms with Gasteiger partial charge in [0, 0.05) is 35.4 Å². The van der Waals surface area contributed by atoms with E-state index in [4.69, 9.17) is 0 Å². The van der Waals surface area contributed by atoms with Crippen molar-refractivity contribution in [3.8, 4) is 0 Å². The molecule has 2 atom stereocenters. The van der Waals surface area contributed by atoms with Crippen molar-refractivity contribution in [3.05, 3.63) is 33.5 Å². The SMILES string of the molecule is CCn1nc(C)c(C(C)NC(C)c2nccs2)c1C. The van der Waals surface area contributed by atoms with Gasteiger partial charge in [0.1, 0.15) is 5.01 Å². The Morgan fingerprint density at radius 1 is 1.32 bits per heavy atom. The van der Waals surface area contributed by atoms with Gasteiger partial charge in [0.2, 0.25) is 0 Å². The number of hydrogen-bond acceptors (Lipinski definition) is 4. The molecule has 0 aliphatic rings. The molecule has 2 aromatic heterocycles. The van der Waals surface area contributed by atoms with Gasteiger partial charge in [0.25, 0.3) is 0 Å². The third-order valence-electron chi connectivity index (χ3n) is 3.49. The third-order valence-corrected chi connectivity index (χ3v) is 4.45. The molecule has 0 aliphatic heterocycles.